The highest BCUT2D eigenvalue weighted by Crippen LogP contribution is 2.40. The predicted molar refractivity (Wildman–Crippen MR) is 311 cm³/mol. The summed E-state index contributed by atoms with van der Waals surface area (Å²) in [6.07, 6.45) is 12.7. The molecule has 0 spiro atoms. The van der Waals surface area contributed by atoms with Gasteiger partial charge in [0.25, 0.3) is 0 Å². The van der Waals surface area contributed by atoms with Crippen molar-refractivity contribution in [3.63, 3.8) is 0 Å². The smallest absolute Gasteiger partial charge is 0.126 e. The Balaban J connectivity index is 0.000000266. The van der Waals surface area contributed by atoms with E-state index in [1.807, 2.05) is 25.1 Å². The molecule has 0 heterocycles. The van der Waals surface area contributed by atoms with Crippen LogP contribution < -0.4 is 0 Å². The van der Waals surface area contributed by atoms with Crippen molar-refractivity contribution in [3.05, 3.63) is 173 Å². The first kappa shape index (κ1) is 71.8. The van der Waals surface area contributed by atoms with Crippen molar-refractivity contribution >= 4 is 0 Å². The summed E-state index contributed by atoms with van der Waals surface area (Å²) in [4.78, 5) is 0. The second-order valence-corrected chi connectivity index (χ2v) is 20.5. The number of hydrogen-bond donors (Lipinski definition) is 19. The van der Waals surface area contributed by atoms with Gasteiger partial charge in [0.2, 0.25) is 0 Å². The highest BCUT2D eigenvalue weighted by molar-refractivity contribution is 5.48. The fraction of sp³-hybridized carbons (Fsp3) is 0.438. The van der Waals surface area contributed by atoms with Crippen molar-refractivity contribution in [1.29, 1.82) is 0 Å². The molecule has 0 unspecified atom stereocenters. The second kappa shape index (κ2) is 37.8. The van der Waals surface area contributed by atoms with Crippen molar-refractivity contribution in [2.75, 3.05) is 0 Å². The van der Waals surface area contributed by atoms with Crippen LogP contribution in [-0.4, -0.2) is 97.0 Å². The zero-order chi connectivity index (χ0) is 62.5. The number of rotatable bonds is 16. The van der Waals surface area contributed by atoms with Crippen LogP contribution in [-0.2, 0) is 92.3 Å². The summed E-state index contributed by atoms with van der Waals surface area (Å²) >= 11 is 0. The third kappa shape index (κ3) is 20.9. The zero-order valence-corrected chi connectivity index (χ0v) is 47.9. The van der Waals surface area contributed by atoms with Crippen LogP contribution in [0.1, 0.15) is 178 Å². The largest absolute Gasteiger partial charge is 0.507 e. The predicted octanol–water partition coefficient (Wildman–Crippen LogP) is 6.86. The molecule has 8 rings (SSSR count). The minimum Gasteiger partial charge on any atom is -0.507 e. The van der Waals surface area contributed by atoms with E-state index in [1.165, 1.54) is 63.5 Å². The monoisotopic (exact) mass is 1180 g/mol. The molecule has 2 aliphatic carbocycles. The third-order valence-corrected chi connectivity index (χ3v) is 14.7. The fourth-order valence-corrected chi connectivity index (χ4v) is 10.0. The number of benzene rings is 6. The van der Waals surface area contributed by atoms with Crippen molar-refractivity contribution in [3.8, 4) is 34.5 Å². The summed E-state index contributed by atoms with van der Waals surface area (Å²) in [7, 11) is 0. The second-order valence-electron chi connectivity index (χ2n) is 20.5. The van der Waals surface area contributed by atoms with Gasteiger partial charge in [-0.05, 0) is 162 Å². The molecule has 6 aromatic carbocycles. The van der Waals surface area contributed by atoms with Gasteiger partial charge >= 0.3 is 0 Å². The SMILES string of the molecule is CCc1cc(CO)cc(CO)c1O.Cc1cc(CO)cc(CO)c1O.OCc1cc(C2CCCCC2)cc(CO)c1O.OCc1cc(CO)c(O)c(C2CCCCC2)c1.OCc1cc(CO)c(O)c(CO)c1.OCc1cc(F)cc(CO)c1O. The molecule has 19 nitrogen and oxygen atoms in total. The van der Waals surface area contributed by atoms with Gasteiger partial charge in [-0.25, -0.2) is 4.39 Å². The van der Waals surface area contributed by atoms with Crippen molar-refractivity contribution < 1.29 is 101 Å². The van der Waals surface area contributed by atoms with Gasteiger partial charge in [-0.2, -0.15) is 0 Å². The highest BCUT2D eigenvalue weighted by atomic mass is 19.1. The number of aliphatic hydroxyl groups is 13. The van der Waals surface area contributed by atoms with Crippen LogP contribution in [0.3, 0.4) is 0 Å². The molecule has 0 radical (unpaired) electrons. The van der Waals surface area contributed by atoms with E-state index < -0.39 is 19.0 Å². The third-order valence-electron chi connectivity index (χ3n) is 14.7. The van der Waals surface area contributed by atoms with E-state index in [0.29, 0.717) is 73.9 Å². The molecule has 0 bridgehead atoms. The normalized spacial score (nSPS) is 13.1. The summed E-state index contributed by atoms with van der Waals surface area (Å²) in [5, 5.41) is 174. The number of aromatic hydroxyl groups is 6. The number of halogens is 1. The van der Waals surface area contributed by atoms with E-state index in [2.05, 4.69) is 0 Å². The maximum atomic E-state index is 12.6. The average Bonchev–Trinajstić information content (AvgIpc) is 3.69. The van der Waals surface area contributed by atoms with Crippen molar-refractivity contribution in [2.45, 2.75) is 182 Å². The molecule has 0 atom stereocenters. The molecule has 2 fully saturated rings. The van der Waals surface area contributed by atoms with Gasteiger partial charge in [0.05, 0.1) is 85.9 Å². The minimum absolute atomic E-state index is 0.0366. The summed E-state index contributed by atoms with van der Waals surface area (Å²) in [6, 6.07) is 19.0. The lowest BCUT2D eigenvalue weighted by Gasteiger charge is -2.24. The van der Waals surface area contributed by atoms with Crippen LogP contribution in [0.15, 0.2) is 72.8 Å². The van der Waals surface area contributed by atoms with Crippen LogP contribution in [0.25, 0.3) is 0 Å². The molecular weight excluding hydrogens is 1090 g/mol. The van der Waals surface area contributed by atoms with Gasteiger partial charge in [0, 0.05) is 50.1 Å². The Morgan fingerprint density at radius 3 is 0.929 bits per heavy atom. The van der Waals surface area contributed by atoms with E-state index in [1.54, 1.807) is 37.3 Å². The van der Waals surface area contributed by atoms with Gasteiger partial charge in [-0.15, -0.1) is 0 Å². The van der Waals surface area contributed by atoms with Crippen LogP contribution in [0.4, 0.5) is 4.39 Å². The molecule has 2 saturated carbocycles. The highest BCUT2D eigenvalue weighted by Gasteiger charge is 2.22. The van der Waals surface area contributed by atoms with Gasteiger partial charge in [0.15, 0.2) is 0 Å². The molecule has 84 heavy (non-hydrogen) atoms. The summed E-state index contributed by atoms with van der Waals surface area (Å²) in [5.74, 6) is 0.452. The van der Waals surface area contributed by atoms with Gasteiger partial charge in [0.1, 0.15) is 40.3 Å². The Kier molecular flexibility index (Phi) is 32.3. The van der Waals surface area contributed by atoms with Crippen molar-refractivity contribution in [1.82, 2.24) is 0 Å². The molecule has 464 valence electrons. The van der Waals surface area contributed by atoms with Gasteiger partial charge < -0.3 is 97.0 Å². The summed E-state index contributed by atoms with van der Waals surface area (Å²) < 4.78 is 12.6. The lowest BCUT2D eigenvalue weighted by Crippen LogP contribution is -2.06. The molecular formula is C64H87FO19. The maximum absolute atomic E-state index is 12.6. The van der Waals surface area contributed by atoms with Crippen molar-refractivity contribution in [2.24, 2.45) is 0 Å². The number of aliphatic hydroxyl groups excluding tert-OH is 13. The van der Waals surface area contributed by atoms with E-state index in [0.717, 1.165) is 52.8 Å². The van der Waals surface area contributed by atoms with Crippen LogP contribution in [0.2, 0.25) is 0 Å². The topological polar surface area (TPSA) is 384 Å². The molecule has 6 aromatic rings. The lowest BCUT2D eigenvalue weighted by atomic mass is 9.82. The van der Waals surface area contributed by atoms with E-state index in [9.17, 15) is 55.5 Å². The van der Waals surface area contributed by atoms with E-state index in [4.69, 9.17) is 46.0 Å². The number of hydrogen-bond acceptors (Lipinski definition) is 19. The summed E-state index contributed by atoms with van der Waals surface area (Å²) in [5.41, 5.74) is 9.54. The number of phenols is 6. The Morgan fingerprint density at radius 2 is 0.583 bits per heavy atom. The Hall–Kier alpha value is -6.47. The van der Waals surface area contributed by atoms with Crippen LogP contribution in [0.5, 0.6) is 34.5 Å². The molecule has 0 aromatic heterocycles. The van der Waals surface area contributed by atoms with Gasteiger partial charge in [-0.1, -0.05) is 51.5 Å². The molecule has 19 N–H and O–H groups in total. The van der Waals surface area contributed by atoms with Crippen LogP contribution >= 0.6 is 0 Å². The zero-order valence-electron chi connectivity index (χ0n) is 47.9. The standard InChI is InChI=1S/2C14H20O3.C10H14O3.C9H12O4.C9H12O3.C8H9FO3/c15-8-10-6-12(9-16)14(17)13(7-10)11-4-2-1-3-5-11;15-8-12-6-11(7-13(9-16)14(12)17)10-4-2-1-3-5-10;1-2-8-3-7(5-11)4-9(6-12)10(8)13;10-3-6-1-7(4-11)9(13)8(2-6)5-12;1-6-2-7(4-10)3-8(5-11)9(6)12;9-7-1-5(3-10)8(12)6(2-7)4-11/h6-7,11,15-17H,1-5,8-9H2;6-7,10,15-17H,1-5,8-9H2;3-4,11-13H,2,5-6H2,1H3;1-2,10-13H,3-5H2;2-3,10-12H,4-5H2,1H3;1-2,10-12H,3-4H2. The first-order chi connectivity index (χ1) is 40.3. The Morgan fingerprint density at radius 1 is 0.310 bits per heavy atom. The Labute approximate surface area is 489 Å². The lowest BCUT2D eigenvalue weighted by molar-refractivity contribution is 0.259. The molecule has 2 aliphatic rings. The average molecular weight is 1180 g/mol. The molecule has 20 heteroatoms. The quantitative estimate of drug-likeness (QED) is 0.0470. The van der Waals surface area contributed by atoms with Crippen LogP contribution in [0, 0.1) is 12.7 Å². The van der Waals surface area contributed by atoms with Gasteiger partial charge in [-0.3, -0.25) is 0 Å². The summed E-state index contributed by atoms with van der Waals surface area (Å²) in [6.45, 7) is 0.796. The van der Waals surface area contributed by atoms with E-state index >= 15 is 0 Å². The minimum atomic E-state index is -0.582. The van der Waals surface area contributed by atoms with E-state index in [-0.39, 0.29) is 118 Å². The molecule has 0 saturated heterocycles. The molecule has 0 aliphatic heterocycles. The maximum Gasteiger partial charge on any atom is 0.126 e. The molecule has 0 amide bonds. The first-order valence-corrected chi connectivity index (χ1v) is 27.9. The number of aryl methyl sites for hydroxylation is 2. The Bertz CT molecular complexity index is 2770. The first-order valence-electron chi connectivity index (χ1n) is 27.9. The fourth-order valence-electron chi connectivity index (χ4n) is 10.0.